The summed E-state index contributed by atoms with van der Waals surface area (Å²) < 4.78 is 0. The SMILES string of the molecule is CCCC1CCC(=O)N(CCCCCCCCCBr)CC1. The van der Waals surface area contributed by atoms with Gasteiger partial charge in [0.2, 0.25) is 5.91 Å². The molecule has 0 saturated carbocycles. The van der Waals surface area contributed by atoms with Gasteiger partial charge in [0.1, 0.15) is 0 Å². The zero-order valence-corrected chi connectivity index (χ0v) is 15.5. The molecule has 1 aliphatic heterocycles. The Balaban J connectivity index is 2.06. The van der Waals surface area contributed by atoms with E-state index in [4.69, 9.17) is 0 Å². The molecule has 2 nitrogen and oxygen atoms in total. The van der Waals surface area contributed by atoms with Crippen LogP contribution in [-0.2, 0) is 4.79 Å². The van der Waals surface area contributed by atoms with Crippen molar-refractivity contribution in [3.63, 3.8) is 0 Å². The molecule has 1 unspecified atom stereocenters. The first-order valence-corrected chi connectivity index (χ1v) is 10.2. The van der Waals surface area contributed by atoms with Crippen LogP contribution in [0.2, 0.25) is 0 Å². The summed E-state index contributed by atoms with van der Waals surface area (Å²) in [6, 6.07) is 0. The van der Waals surface area contributed by atoms with Gasteiger partial charge in [-0.05, 0) is 31.6 Å². The topological polar surface area (TPSA) is 20.3 Å². The average Bonchev–Trinajstić information content (AvgIpc) is 2.65. The van der Waals surface area contributed by atoms with E-state index in [2.05, 4.69) is 27.8 Å². The van der Waals surface area contributed by atoms with E-state index in [0.717, 1.165) is 37.2 Å². The molecule has 0 bridgehead atoms. The van der Waals surface area contributed by atoms with Crippen LogP contribution in [0.25, 0.3) is 0 Å². The van der Waals surface area contributed by atoms with Gasteiger partial charge in [-0.3, -0.25) is 4.79 Å². The minimum atomic E-state index is 0.408. The van der Waals surface area contributed by atoms with E-state index in [1.165, 1.54) is 64.2 Å². The molecule has 21 heavy (non-hydrogen) atoms. The zero-order valence-electron chi connectivity index (χ0n) is 13.9. The molecule has 1 saturated heterocycles. The summed E-state index contributed by atoms with van der Waals surface area (Å²) in [5.41, 5.74) is 0. The smallest absolute Gasteiger partial charge is 0.222 e. The van der Waals surface area contributed by atoms with Crippen molar-refractivity contribution < 1.29 is 4.79 Å². The predicted octanol–water partition coefficient (Wildman–Crippen LogP) is 5.54. The number of carbonyl (C=O) groups excluding carboxylic acids is 1. The molecule has 0 N–H and O–H groups in total. The van der Waals surface area contributed by atoms with E-state index < -0.39 is 0 Å². The molecule has 0 aromatic carbocycles. The maximum Gasteiger partial charge on any atom is 0.222 e. The Morgan fingerprint density at radius 2 is 1.71 bits per heavy atom. The van der Waals surface area contributed by atoms with Gasteiger partial charge in [0.15, 0.2) is 0 Å². The van der Waals surface area contributed by atoms with Crippen LogP contribution < -0.4 is 0 Å². The molecule has 0 aliphatic carbocycles. The summed E-state index contributed by atoms with van der Waals surface area (Å²) in [6.07, 6.45) is 14.9. The Labute approximate surface area is 140 Å². The normalized spacial score (nSPS) is 19.8. The Hall–Kier alpha value is -0.0500. The van der Waals surface area contributed by atoms with Crippen LogP contribution in [0.5, 0.6) is 0 Å². The predicted molar refractivity (Wildman–Crippen MR) is 94.9 cm³/mol. The summed E-state index contributed by atoms with van der Waals surface area (Å²) in [7, 11) is 0. The number of hydrogen-bond donors (Lipinski definition) is 0. The second kappa shape index (κ2) is 12.5. The number of hydrogen-bond acceptors (Lipinski definition) is 1. The van der Waals surface area contributed by atoms with Crippen LogP contribution in [-0.4, -0.2) is 29.2 Å². The summed E-state index contributed by atoms with van der Waals surface area (Å²) in [6.45, 7) is 4.26. The Morgan fingerprint density at radius 1 is 1.05 bits per heavy atom. The lowest BCUT2D eigenvalue weighted by Crippen LogP contribution is -2.31. The minimum absolute atomic E-state index is 0.408. The monoisotopic (exact) mass is 359 g/mol. The molecule has 0 aromatic rings. The van der Waals surface area contributed by atoms with Crippen molar-refractivity contribution in [3.05, 3.63) is 0 Å². The van der Waals surface area contributed by atoms with Crippen LogP contribution >= 0.6 is 15.9 Å². The maximum atomic E-state index is 12.1. The molecular formula is C18H34BrNO. The fourth-order valence-electron chi connectivity index (χ4n) is 3.31. The van der Waals surface area contributed by atoms with E-state index in [1.54, 1.807) is 0 Å². The van der Waals surface area contributed by atoms with Gasteiger partial charge in [0.05, 0.1) is 0 Å². The van der Waals surface area contributed by atoms with Crippen LogP contribution in [0, 0.1) is 5.92 Å². The minimum Gasteiger partial charge on any atom is -0.343 e. The molecule has 1 amide bonds. The van der Waals surface area contributed by atoms with Crippen molar-refractivity contribution >= 4 is 21.8 Å². The van der Waals surface area contributed by atoms with Gasteiger partial charge in [0, 0.05) is 24.8 Å². The lowest BCUT2D eigenvalue weighted by Gasteiger charge is -2.20. The Bertz CT molecular complexity index is 270. The van der Waals surface area contributed by atoms with Gasteiger partial charge in [-0.25, -0.2) is 0 Å². The molecule has 1 fully saturated rings. The van der Waals surface area contributed by atoms with Gasteiger partial charge >= 0.3 is 0 Å². The molecule has 1 atom stereocenters. The molecule has 1 heterocycles. The molecular weight excluding hydrogens is 326 g/mol. The summed E-state index contributed by atoms with van der Waals surface area (Å²) in [5.74, 6) is 1.20. The van der Waals surface area contributed by atoms with Gasteiger partial charge in [0.25, 0.3) is 0 Å². The molecule has 124 valence electrons. The lowest BCUT2D eigenvalue weighted by molar-refractivity contribution is -0.130. The van der Waals surface area contributed by atoms with Gasteiger partial charge in [-0.2, -0.15) is 0 Å². The number of unbranched alkanes of at least 4 members (excludes halogenated alkanes) is 6. The number of alkyl halides is 1. The largest absolute Gasteiger partial charge is 0.343 e. The number of carbonyl (C=O) groups is 1. The molecule has 0 spiro atoms. The maximum absolute atomic E-state index is 12.1. The average molecular weight is 360 g/mol. The summed E-state index contributed by atoms with van der Waals surface area (Å²) in [4.78, 5) is 14.3. The molecule has 1 rings (SSSR count). The lowest BCUT2D eigenvalue weighted by atomic mass is 9.96. The third-order valence-electron chi connectivity index (χ3n) is 4.69. The first-order valence-electron chi connectivity index (χ1n) is 9.11. The van der Waals surface area contributed by atoms with Crippen LogP contribution in [0.15, 0.2) is 0 Å². The first kappa shape index (κ1) is 19.0. The van der Waals surface area contributed by atoms with E-state index >= 15 is 0 Å². The third kappa shape index (κ3) is 8.85. The second-order valence-electron chi connectivity index (χ2n) is 6.53. The Morgan fingerprint density at radius 3 is 2.38 bits per heavy atom. The Kier molecular flexibility index (Phi) is 11.3. The third-order valence-corrected chi connectivity index (χ3v) is 5.25. The zero-order chi connectivity index (χ0) is 15.3. The molecule has 1 aliphatic rings. The van der Waals surface area contributed by atoms with Gasteiger partial charge in [-0.15, -0.1) is 0 Å². The highest BCUT2D eigenvalue weighted by Gasteiger charge is 2.21. The highest BCUT2D eigenvalue weighted by atomic mass is 79.9. The standard InChI is InChI=1S/C18H34BrNO/c1-2-10-17-11-12-18(21)20(16-13-17)15-9-7-5-3-4-6-8-14-19/h17H,2-16H2,1H3. The van der Waals surface area contributed by atoms with Crippen molar-refractivity contribution in [1.29, 1.82) is 0 Å². The van der Waals surface area contributed by atoms with Crippen LogP contribution in [0.1, 0.15) is 84.0 Å². The van der Waals surface area contributed by atoms with E-state index in [1.807, 2.05) is 0 Å². The highest BCUT2D eigenvalue weighted by molar-refractivity contribution is 9.09. The molecule has 0 radical (unpaired) electrons. The molecule has 0 aromatic heterocycles. The van der Waals surface area contributed by atoms with E-state index in [-0.39, 0.29) is 0 Å². The van der Waals surface area contributed by atoms with Crippen LogP contribution in [0.4, 0.5) is 0 Å². The fourth-order valence-corrected chi connectivity index (χ4v) is 3.70. The van der Waals surface area contributed by atoms with Crippen molar-refractivity contribution in [2.45, 2.75) is 84.0 Å². The van der Waals surface area contributed by atoms with Crippen molar-refractivity contribution in [2.24, 2.45) is 5.92 Å². The van der Waals surface area contributed by atoms with Crippen molar-refractivity contribution in [1.82, 2.24) is 4.90 Å². The van der Waals surface area contributed by atoms with Crippen molar-refractivity contribution in [3.8, 4) is 0 Å². The fraction of sp³-hybridized carbons (Fsp3) is 0.944. The number of halogens is 1. The quantitative estimate of drug-likeness (QED) is 0.350. The number of nitrogens with zero attached hydrogens (tertiary/aromatic N) is 1. The van der Waals surface area contributed by atoms with Gasteiger partial charge in [-0.1, -0.05) is 67.8 Å². The highest BCUT2D eigenvalue weighted by Crippen LogP contribution is 2.23. The summed E-state index contributed by atoms with van der Waals surface area (Å²) in [5, 5.41) is 1.14. The summed E-state index contributed by atoms with van der Waals surface area (Å²) >= 11 is 3.48. The number of rotatable bonds is 11. The first-order chi connectivity index (χ1) is 10.3. The van der Waals surface area contributed by atoms with E-state index in [9.17, 15) is 4.79 Å². The van der Waals surface area contributed by atoms with Crippen LogP contribution in [0.3, 0.4) is 0 Å². The van der Waals surface area contributed by atoms with Crippen molar-refractivity contribution in [2.75, 3.05) is 18.4 Å². The second-order valence-corrected chi connectivity index (χ2v) is 7.32. The number of likely N-dealkylation sites (tertiary alicyclic amines) is 1. The van der Waals surface area contributed by atoms with Gasteiger partial charge < -0.3 is 4.90 Å². The molecule has 3 heteroatoms. The van der Waals surface area contributed by atoms with E-state index in [0.29, 0.717) is 5.91 Å². The number of amides is 1.